The summed E-state index contributed by atoms with van der Waals surface area (Å²) < 4.78 is 33.9. The Morgan fingerprint density at radius 2 is 2.08 bits per heavy atom. The zero-order valence-corrected chi connectivity index (χ0v) is 15.6. The van der Waals surface area contributed by atoms with Gasteiger partial charge in [0.25, 0.3) is 10.0 Å². The summed E-state index contributed by atoms with van der Waals surface area (Å²) in [5, 5.41) is 3.02. The number of carbonyl (C=O) groups is 1. The van der Waals surface area contributed by atoms with Gasteiger partial charge in [-0.2, -0.15) is 4.31 Å². The van der Waals surface area contributed by atoms with Gasteiger partial charge in [0.05, 0.1) is 6.10 Å². The second-order valence-corrected chi connectivity index (χ2v) is 8.68. The van der Waals surface area contributed by atoms with Crippen molar-refractivity contribution in [2.24, 2.45) is 13.0 Å². The zero-order valence-electron chi connectivity index (χ0n) is 14.8. The first-order valence-electron chi connectivity index (χ1n) is 8.77. The van der Waals surface area contributed by atoms with Crippen LogP contribution in [-0.4, -0.2) is 60.5 Å². The lowest BCUT2D eigenvalue weighted by atomic mass is 9.97. The Morgan fingerprint density at radius 3 is 2.64 bits per heavy atom. The summed E-state index contributed by atoms with van der Waals surface area (Å²) in [5.41, 5.74) is 0. The molecule has 25 heavy (non-hydrogen) atoms. The number of aromatic nitrogens is 2. The van der Waals surface area contributed by atoms with Crippen molar-refractivity contribution in [3.8, 4) is 0 Å². The molecule has 1 unspecified atom stereocenters. The Labute approximate surface area is 148 Å². The molecule has 1 N–H and O–H groups in total. The predicted molar refractivity (Wildman–Crippen MR) is 91.4 cm³/mol. The highest BCUT2D eigenvalue weighted by atomic mass is 32.2. The molecular formula is C16H26N4O4S. The highest BCUT2D eigenvalue weighted by molar-refractivity contribution is 7.89. The van der Waals surface area contributed by atoms with Crippen molar-refractivity contribution >= 4 is 15.9 Å². The van der Waals surface area contributed by atoms with Crippen LogP contribution in [0, 0.1) is 12.8 Å². The maximum Gasteiger partial charge on any atom is 0.262 e. The van der Waals surface area contributed by atoms with Crippen LogP contribution < -0.4 is 5.32 Å². The highest BCUT2D eigenvalue weighted by Gasteiger charge is 2.33. The van der Waals surface area contributed by atoms with Gasteiger partial charge in [-0.3, -0.25) is 4.79 Å². The second kappa shape index (κ2) is 7.43. The molecule has 1 aromatic heterocycles. The van der Waals surface area contributed by atoms with Crippen molar-refractivity contribution in [3.05, 3.63) is 12.0 Å². The number of ether oxygens (including phenoxy) is 1. The van der Waals surface area contributed by atoms with Gasteiger partial charge < -0.3 is 14.6 Å². The van der Waals surface area contributed by atoms with E-state index >= 15 is 0 Å². The normalized spacial score (nSPS) is 23.0. The average molecular weight is 370 g/mol. The number of hydrogen-bond acceptors (Lipinski definition) is 5. The number of amides is 1. The van der Waals surface area contributed by atoms with Crippen molar-refractivity contribution in [1.29, 1.82) is 0 Å². The van der Waals surface area contributed by atoms with Crippen molar-refractivity contribution < 1.29 is 17.9 Å². The minimum atomic E-state index is -3.59. The molecule has 0 aliphatic carbocycles. The molecule has 3 heterocycles. The van der Waals surface area contributed by atoms with Gasteiger partial charge in [-0.1, -0.05) is 0 Å². The summed E-state index contributed by atoms with van der Waals surface area (Å²) in [5.74, 6) is 0.515. The zero-order chi connectivity index (χ0) is 18.0. The van der Waals surface area contributed by atoms with Crippen molar-refractivity contribution in [3.63, 3.8) is 0 Å². The van der Waals surface area contributed by atoms with Gasteiger partial charge in [0.1, 0.15) is 5.82 Å². The van der Waals surface area contributed by atoms with Crippen LogP contribution in [0.4, 0.5) is 0 Å². The molecule has 0 bridgehead atoms. The lowest BCUT2D eigenvalue weighted by Crippen LogP contribution is -2.44. The van der Waals surface area contributed by atoms with Gasteiger partial charge in [-0.05, 0) is 32.6 Å². The number of carbonyl (C=O) groups excluding carboxylic acids is 1. The summed E-state index contributed by atoms with van der Waals surface area (Å²) in [6.07, 6.45) is 4.75. The number of aryl methyl sites for hydroxylation is 2. The number of rotatable bonds is 5. The van der Waals surface area contributed by atoms with Gasteiger partial charge in [0, 0.05) is 45.4 Å². The summed E-state index contributed by atoms with van der Waals surface area (Å²) in [6.45, 7) is 3.77. The molecule has 0 saturated carbocycles. The fourth-order valence-corrected chi connectivity index (χ4v) is 4.80. The van der Waals surface area contributed by atoms with E-state index in [-0.39, 0.29) is 23.0 Å². The van der Waals surface area contributed by atoms with E-state index in [1.165, 1.54) is 10.5 Å². The monoisotopic (exact) mass is 370 g/mol. The van der Waals surface area contributed by atoms with Crippen molar-refractivity contribution in [2.45, 2.75) is 43.7 Å². The van der Waals surface area contributed by atoms with E-state index in [1.54, 1.807) is 18.5 Å². The second-order valence-electron chi connectivity index (χ2n) is 6.80. The molecule has 1 amide bonds. The van der Waals surface area contributed by atoms with E-state index < -0.39 is 10.0 Å². The van der Waals surface area contributed by atoms with E-state index in [0.717, 1.165) is 19.4 Å². The molecule has 2 fully saturated rings. The molecule has 140 valence electrons. The fourth-order valence-electron chi connectivity index (χ4n) is 3.31. The Kier molecular flexibility index (Phi) is 5.45. The first-order valence-corrected chi connectivity index (χ1v) is 10.2. The van der Waals surface area contributed by atoms with E-state index in [9.17, 15) is 13.2 Å². The third kappa shape index (κ3) is 4.04. The van der Waals surface area contributed by atoms with Gasteiger partial charge in [0.2, 0.25) is 5.91 Å². The summed E-state index contributed by atoms with van der Waals surface area (Å²) in [7, 11) is -1.82. The summed E-state index contributed by atoms with van der Waals surface area (Å²) in [4.78, 5) is 16.4. The molecule has 3 rings (SSSR count). The summed E-state index contributed by atoms with van der Waals surface area (Å²) in [6, 6.07) is 0. The molecule has 2 aliphatic rings. The maximum absolute atomic E-state index is 12.7. The van der Waals surface area contributed by atoms with E-state index in [1.807, 2.05) is 0 Å². The van der Waals surface area contributed by atoms with Crippen LogP contribution >= 0.6 is 0 Å². The molecule has 1 atom stereocenters. The van der Waals surface area contributed by atoms with Gasteiger partial charge in [0.15, 0.2) is 5.03 Å². The number of nitrogens with one attached hydrogen (secondary N) is 1. The third-order valence-electron chi connectivity index (χ3n) is 5.04. The number of imidazole rings is 1. The fraction of sp³-hybridized carbons (Fsp3) is 0.750. The van der Waals surface area contributed by atoms with Crippen LogP contribution in [0.25, 0.3) is 0 Å². The quantitative estimate of drug-likeness (QED) is 0.811. The Morgan fingerprint density at radius 1 is 1.36 bits per heavy atom. The molecule has 0 spiro atoms. The van der Waals surface area contributed by atoms with Crippen molar-refractivity contribution in [2.75, 3.05) is 26.2 Å². The molecule has 8 nitrogen and oxygen atoms in total. The molecule has 0 radical (unpaired) electrons. The maximum atomic E-state index is 12.7. The number of sulfonamides is 1. The minimum absolute atomic E-state index is 0.00114. The van der Waals surface area contributed by atoms with Gasteiger partial charge >= 0.3 is 0 Å². The molecule has 2 saturated heterocycles. The van der Waals surface area contributed by atoms with Crippen molar-refractivity contribution in [1.82, 2.24) is 19.2 Å². The molecule has 2 aliphatic heterocycles. The first-order chi connectivity index (χ1) is 11.9. The topological polar surface area (TPSA) is 93.5 Å². The number of hydrogen-bond donors (Lipinski definition) is 1. The van der Waals surface area contributed by atoms with Crippen LogP contribution in [0.15, 0.2) is 11.2 Å². The minimum Gasteiger partial charge on any atom is -0.376 e. The molecule has 1 aromatic rings. The van der Waals surface area contributed by atoms with Crippen LogP contribution in [0.1, 0.15) is 31.5 Å². The van der Waals surface area contributed by atoms with Crippen LogP contribution in [0.2, 0.25) is 0 Å². The first kappa shape index (κ1) is 18.3. The van der Waals surface area contributed by atoms with E-state index in [4.69, 9.17) is 4.74 Å². The largest absolute Gasteiger partial charge is 0.376 e. The predicted octanol–water partition coefficient (Wildman–Crippen LogP) is 0.424. The SMILES string of the molecule is Cc1nc(S(=O)(=O)N2CCC(C(=O)NCC3CCCO3)CC2)cn1C. The highest BCUT2D eigenvalue weighted by Crippen LogP contribution is 2.23. The van der Waals surface area contributed by atoms with Crippen LogP contribution in [-0.2, 0) is 26.6 Å². The van der Waals surface area contributed by atoms with Gasteiger partial charge in [-0.25, -0.2) is 13.4 Å². The smallest absolute Gasteiger partial charge is 0.262 e. The van der Waals surface area contributed by atoms with Gasteiger partial charge in [-0.15, -0.1) is 0 Å². The van der Waals surface area contributed by atoms with Crippen LogP contribution in [0.5, 0.6) is 0 Å². The molecule has 0 aromatic carbocycles. The van der Waals surface area contributed by atoms with E-state index in [2.05, 4.69) is 10.3 Å². The number of nitrogens with zero attached hydrogens (tertiary/aromatic N) is 3. The molecule has 9 heteroatoms. The summed E-state index contributed by atoms with van der Waals surface area (Å²) >= 11 is 0. The molecular weight excluding hydrogens is 344 g/mol. The van der Waals surface area contributed by atoms with Crippen LogP contribution in [0.3, 0.4) is 0 Å². The lowest BCUT2D eigenvalue weighted by Gasteiger charge is -2.30. The number of piperidine rings is 1. The lowest BCUT2D eigenvalue weighted by molar-refractivity contribution is -0.126. The average Bonchev–Trinajstić information content (AvgIpc) is 3.23. The standard InChI is InChI=1S/C16H26N4O4S/c1-12-18-15(11-19(12)2)25(22,23)20-7-5-13(6-8-20)16(21)17-10-14-4-3-9-24-14/h11,13-14H,3-10H2,1-2H3,(H,17,21). The Bertz CT molecular complexity index is 697. The Hall–Kier alpha value is -1.45. The third-order valence-corrected chi connectivity index (χ3v) is 6.81. The Balaban J connectivity index is 1.53. The van der Waals surface area contributed by atoms with E-state index in [0.29, 0.717) is 38.3 Å².